The molecule has 86 valence electrons. The third-order valence-corrected chi connectivity index (χ3v) is 1.96. The second kappa shape index (κ2) is 4.35. The van der Waals surface area contributed by atoms with Crippen LogP contribution >= 0.6 is 11.6 Å². The van der Waals surface area contributed by atoms with E-state index < -0.39 is 39.4 Å². The standard InChI is InChI=1S/C7H3ClF2N2O4/c8-4-2(7(13)14)1-3(5(9)10)11-6(4)12(15)16/h1,5H,(H,13,14). The maximum absolute atomic E-state index is 12.3. The van der Waals surface area contributed by atoms with Gasteiger partial charge >= 0.3 is 18.2 Å². The van der Waals surface area contributed by atoms with Gasteiger partial charge in [0.25, 0.3) is 0 Å². The van der Waals surface area contributed by atoms with Gasteiger partial charge in [0.05, 0.1) is 5.56 Å². The molecule has 1 aromatic heterocycles. The summed E-state index contributed by atoms with van der Waals surface area (Å²) >= 11 is 5.35. The Kier molecular flexibility index (Phi) is 3.33. The lowest BCUT2D eigenvalue weighted by molar-refractivity contribution is -0.389. The van der Waals surface area contributed by atoms with Crippen molar-refractivity contribution in [3.63, 3.8) is 0 Å². The summed E-state index contributed by atoms with van der Waals surface area (Å²) in [6, 6.07) is 0.502. The van der Waals surface area contributed by atoms with Crippen molar-refractivity contribution >= 4 is 23.4 Å². The van der Waals surface area contributed by atoms with Crippen LogP contribution in [0.5, 0.6) is 0 Å². The summed E-state index contributed by atoms with van der Waals surface area (Å²) in [6.07, 6.45) is -3.12. The van der Waals surface area contributed by atoms with Gasteiger partial charge in [-0.3, -0.25) is 0 Å². The number of nitro groups is 1. The predicted molar refractivity (Wildman–Crippen MR) is 47.8 cm³/mol. The van der Waals surface area contributed by atoms with E-state index in [0.717, 1.165) is 0 Å². The third kappa shape index (κ3) is 2.22. The molecule has 0 saturated carbocycles. The summed E-state index contributed by atoms with van der Waals surface area (Å²) in [4.78, 5) is 22.8. The van der Waals surface area contributed by atoms with Crippen LogP contribution in [-0.4, -0.2) is 21.0 Å². The number of aromatic carboxylic acids is 1. The van der Waals surface area contributed by atoms with E-state index in [9.17, 15) is 23.7 Å². The van der Waals surface area contributed by atoms with E-state index in [2.05, 4.69) is 4.98 Å². The van der Waals surface area contributed by atoms with E-state index in [-0.39, 0.29) is 0 Å². The largest absolute Gasteiger partial charge is 0.478 e. The molecule has 0 saturated heterocycles. The maximum atomic E-state index is 12.3. The monoisotopic (exact) mass is 252 g/mol. The first-order chi connectivity index (χ1) is 7.34. The van der Waals surface area contributed by atoms with E-state index in [1.165, 1.54) is 0 Å². The number of carboxylic acid groups (broad SMARTS) is 1. The van der Waals surface area contributed by atoms with Crippen LogP contribution in [0.2, 0.25) is 5.02 Å². The third-order valence-electron chi connectivity index (χ3n) is 1.59. The summed E-state index contributed by atoms with van der Waals surface area (Å²) in [5.41, 5.74) is -1.79. The second-order valence-corrected chi connectivity index (χ2v) is 2.97. The average Bonchev–Trinajstić information content (AvgIpc) is 2.16. The van der Waals surface area contributed by atoms with Crippen LogP contribution in [0.15, 0.2) is 6.07 Å². The van der Waals surface area contributed by atoms with Gasteiger partial charge in [-0.25, -0.2) is 13.6 Å². The fourth-order valence-corrected chi connectivity index (χ4v) is 1.17. The van der Waals surface area contributed by atoms with Crippen LogP contribution in [0.25, 0.3) is 0 Å². The number of halogens is 3. The van der Waals surface area contributed by atoms with E-state index in [4.69, 9.17) is 16.7 Å². The predicted octanol–water partition coefficient (Wildman–Crippen LogP) is 2.28. The molecular weight excluding hydrogens is 250 g/mol. The number of aromatic nitrogens is 1. The summed E-state index contributed by atoms with van der Waals surface area (Å²) in [6.45, 7) is 0. The van der Waals surface area contributed by atoms with Gasteiger partial charge in [-0.1, -0.05) is 11.6 Å². The molecule has 1 heterocycles. The van der Waals surface area contributed by atoms with Gasteiger partial charge in [0.1, 0.15) is 0 Å². The lowest BCUT2D eigenvalue weighted by Crippen LogP contribution is -2.05. The lowest BCUT2D eigenvalue weighted by Gasteiger charge is -2.01. The number of hydrogen-bond acceptors (Lipinski definition) is 4. The Bertz CT molecular complexity index is 431. The molecule has 0 amide bonds. The SMILES string of the molecule is O=C(O)c1cc(C(F)F)nc([N+](=O)[O-])c1Cl. The minimum absolute atomic E-state index is 0.502. The van der Waals surface area contributed by atoms with E-state index in [1.807, 2.05) is 0 Å². The average molecular weight is 253 g/mol. The van der Waals surface area contributed by atoms with Crippen molar-refractivity contribution in [2.75, 3.05) is 0 Å². The molecule has 0 aliphatic rings. The molecule has 6 nitrogen and oxygen atoms in total. The Morgan fingerprint density at radius 2 is 2.19 bits per heavy atom. The molecule has 9 heteroatoms. The van der Waals surface area contributed by atoms with Crippen LogP contribution in [0.4, 0.5) is 14.6 Å². The highest BCUT2D eigenvalue weighted by Crippen LogP contribution is 2.30. The molecular formula is C7H3ClF2N2O4. The molecule has 0 aliphatic carbocycles. The first kappa shape index (κ1) is 12.2. The fourth-order valence-electron chi connectivity index (χ4n) is 0.924. The first-order valence-electron chi connectivity index (χ1n) is 3.71. The Labute approximate surface area is 91.6 Å². The number of rotatable bonds is 3. The second-order valence-electron chi connectivity index (χ2n) is 2.60. The maximum Gasteiger partial charge on any atom is 0.383 e. The summed E-state index contributed by atoms with van der Waals surface area (Å²) in [5, 5.41) is 18.2. The summed E-state index contributed by atoms with van der Waals surface area (Å²) in [5.74, 6) is -2.74. The Morgan fingerprint density at radius 3 is 2.56 bits per heavy atom. The van der Waals surface area contributed by atoms with E-state index in [1.54, 1.807) is 0 Å². The highest BCUT2D eigenvalue weighted by molar-refractivity contribution is 6.35. The number of carbonyl (C=O) groups is 1. The van der Waals surface area contributed by atoms with Crippen LogP contribution in [0.1, 0.15) is 22.5 Å². The molecule has 1 N–H and O–H groups in total. The lowest BCUT2D eigenvalue weighted by atomic mass is 10.2. The van der Waals surface area contributed by atoms with Crippen LogP contribution in [-0.2, 0) is 0 Å². The number of nitrogens with zero attached hydrogens (tertiary/aromatic N) is 2. The van der Waals surface area contributed by atoms with Crippen molar-refractivity contribution in [2.24, 2.45) is 0 Å². The van der Waals surface area contributed by atoms with Gasteiger partial charge in [-0.05, 0) is 9.91 Å². The van der Waals surface area contributed by atoms with Crippen molar-refractivity contribution in [1.82, 2.24) is 4.98 Å². The molecule has 1 aromatic rings. The van der Waals surface area contributed by atoms with Crippen molar-refractivity contribution in [3.05, 3.63) is 32.5 Å². The Hall–Kier alpha value is -1.83. The van der Waals surface area contributed by atoms with Crippen molar-refractivity contribution in [3.8, 4) is 0 Å². The normalized spacial score (nSPS) is 10.5. The topological polar surface area (TPSA) is 93.3 Å². The molecule has 16 heavy (non-hydrogen) atoms. The Morgan fingerprint density at radius 1 is 1.62 bits per heavy atom. The van der Waals surface area contributed by atoms with Crippen LogP contribution < -0.4 is 0 Å². The highest BCUT2D eigenvalue weighted by Gasteiger charge is 2.28. The van der Waals surface area contributed by atoms with Crippen molar-refractivity contribution in [1.29, 1.82) is 0 Å². The smallest absolute Gasteiger partial charge is 0.383 e. The number of pyridine rings is 1. The van der Waals surface area contributed by atoms with Gasteiger partial charge in [-0.15, -0.1) is 0 Å². The molecule has 0 spiro atoms. The number of hydrogen-bond donors (Lipinski definition) is 1. The molecule has 0 radical (unpaired) electrons. The van der Waals surface area contributed by atoms with Gasteiger partial charge in [-0.2, -0.15) is 0 Å². The van der Waals surface area contributed by atoms with Gasteiger partial charge < -0.3 is 15.2 Å². The van der Waals surface area contributed by atoms with Crippen molar-refractivity contribution < 1.29 is 23.6 Å². The van der Waals surface area contributed by atoms with Gasteiger partial charge in [0, 0.05) is 6.07 Å². The van der Waals surface area contributed by atoms with E-state index in [0.29, 0.717) is 6.07 Å². The van der Waals surface area contributed by atoms with Crippen LogP contribution in [0, 0.1) is 10.1 Å². The number of alkyl halides is 2. The zero-order valence-corrected chi connectivity index (χ0v) is 8.11. The van der Waals surface area contributed by atoms with Crippen molar-refractivity contribution in [2.45, 2.75) is 6.43 Å². The molecule has 1 rings (SSSR count). The first-order valence-corrected chi connectivity index (χ1v) is 4.08. The minimum Gasteiger partial charge on any atom is -0.478 e. The Balaban J connectivity index is 3.51. The zero-order chi connectivity index (χ0) is 12.5. The molecule has 0 atom stereocenters. The van der Waals surface area contributed by atoms with E-state index >= 15 is 0 Å². The van der Waals surface area contributed by atoms with Crippen LogP contribution in [0.3, 0.4) is 0 Å². The quantitative estimate of drug-likeness (QED) is 0.658. The molecule has 0 unspecified atom stereocenters. The zero-order valence-electron chi connectivity index (χ0n) is 7.35. The van der Waals surface area contributed by atoms with Gasteiger partial charge in [0.2, 0.25) is 5.69 Å². The van der Waals surface area contributed by atoms with Gasteiger partial charge in [0.15, 0.2) is 5.02 Å². The summed E-state index contributed by atoms with van der Waals surface area (Å²) < 4.78 is 24.5. The molecule has 0 aliphatic heterocycles. The number of carboxylic acids is 1. The minimum atomic E-state index is -3.12. The highest BCUT2D eigenvalue weighted by atomic mass is 35.5. The molecule has 0 aromatic carbocycles. The fraction of sp³-hybridized carbons (Fsp3) is 0.143. The molecule has 0 bridgehead atoms. The summed E-state index contributed by atoms with van der Waals surface area (Å²) in [7, 11) is 0. The molecule has 0 fully saturated rings.